The second-order valence-electron chi connectivity index (χ2n) is 8.30. The third-order valence-electron chi connectivity index (χ3n) is 5.78. The van der Waals surface area contributed by atoms with Crippen molar-refractivity contribution in [2.24, 2.45) is 5.92 Å². The highest BCUT2D eigenvalue weighted by molar-refractivity contribution is 5.77. The van der Waals surface area contributed by atoms with Gasteiger partial charge in [-0.15, -0.1) is 0 Å². The van der Waals surface area contributed by atoms with Crippen LogP contribution in [0.5, 0.6) is 6.01 Å². The van der Waals surface area contributed by atoms with E-state index in [1.165, 1.54) is 24.5 Å². The molecule has 35 heavy (non-hydrogen) atoms. The third kappa shape index (κ3) is 4.77. The van der Waals surface area contributed by atoms with Crippen LogP contribution in [-0.2, 0) is 11.0 Å². The Morgan fingerprint density at radius 3 is 2.49 bits per heavy atom. The van der Waals surface area contributed by atoms with Gasteiger partial charge in [0.2, 0.25) is 0 Å². The average molecular weight is 487 g/mol. The zero-order valence-corrected chi connectivity index (χ0v) is 17.9. The normalized spacial score (nSPS) is 17.8. The van der Waals surface area contributed by atoms with Crippen LogP contribution in [0.4, 0.5) is 17.6 Å². The molecule has 0 spiro atoms. The van der Waals surface area contributed by atoms with Crippen molar-refractivity contribution in [3.8, 4) is 28.5 Å². The molecule has 3 heterocycles. The molecule has 4 aromatic rings. The first-order valence-corrected chi connectivity index (χ1v) is 10.6. The maximum absolute atomic E-state index is 14.9. The minimum atomic E-state index is -4.56. The molecule has 12 heteroatoms. The summed E-state index contributed by atoms with van der Waals surface area (Å²) in [5.41, 5.74) is 0.229. The Kier molecular flexibility index (Phi) is 5.58. The number of halogens is 4. The minimum Gasteiger partial charge on any atom is -0.481 e. The van der Waals surface area contributed by atoms with E-state index in [0.717, 1.165) is 6.07 Å². The number of H-pyrrole nitrogens is 1. The second kappa shape index (κ2) is 8.60. The fraction of sp³-hybridized carbons (Fsp3) is 0.261. The van der Waals surface area contributed by atoms with E-state index >= 15 is 0 Å². The van der Waals surface area contributed by atoms with Crippen LogP contribution in [0.1, 0.15) is 24.8 Å². The van der Waals surface area contributed by atoms with E-state index in [4.69, 9.17) is 9.84 Å². The van der Waals surface area contributed by atoms with Gasteiger partial charge in [0.05, 0.1) is 11.1 Å². The number of imidazole rings is 1. The van der Waals surface area contributed by atoms with Gasteiger partial charge < -0.3 is 14.8 Å². The molecule has 0 bridgehead atoms. The topological polar surface area (TPSA) is 114 Å². The quantitative estimate of drug-likeness (QED) is 0.373. The first-order chi connectivity index (χ1) is 16.7. The Morgan fingerprint density at radius 1 is 1.09 bits per heavy atom. The van der Waals surface area contributed by atoms with E-state index in [1.54, 1.807) is 6.07 Å². The van der Waals surface area contributed by atoms with E-state index in [1.807, 2.05) is 0 Å². The number of fused-ring (bicyclic) bond motifs is 1. The van der Waals surface area contributed by atoms with Crippen molar-refractivity contribution in [1.29, 1.82) is 0 Å². The first kappa shape index (κ1) is 22.7. The third-order valence-corrected chi connectivity index (χ3v) is 5.78. The molecule has 3 aromatic heterocycles. The molecular formula is C23H17F4N5O3. The lowest BCUT2D eigenvalue weighted by Crippen LogP contribution is -2.35. The molecule has 1 aromatic carbocycles. The lowest BCUT2D eigenvalue weighted by atomic mass is 9.80. The predicted octanol–water partition coefficient (Wildman–Crippen LogP) is 4.87. The van der Waals surface area contributed by atoms with Gasteiger partial charge in [0, 0.05) is 30.6 Å². The van der Waals surface area contributed by atoms with Gasteiger partial charge in [0.25, 0.3) is 0 Å². The smallest absolute Gasteiger partial charge is 0.417 e. The molecule has 8 nitrogen and oxygen atoms in total. The number of carboxylic acids is 1. The van der Waals surface area contributed by atoms with Gasteiger partial charge in [-0.3, -0.25) is 4.79 Å². The number of hydrogen-bond donors (Lipinski definition) is 2. The molecule has 1 fully saturated rings. The van der Waals surface area contributed by atoms with Gasteiger partial charge in [0.15, 0.2) is 5.65 Å². The molecule has 0 aliphatic heterocycles. The Labute approximate surface area is 195 Å². The second-order valence-corrected chi connectivity index (χ2v) is 8.30. The van der Waals surface area contributed by atoms with Crippen molar-refractivity contribution in [3.05, 3.63) is 54.2 Å². The predicted molar refractivity (Wildman–Crippen MR) is 115 cm³/mol. The standard InChI is InChI=1S/C23H17F4N5O3/c24-17-6-12(13-8-29-22(30-9-13)35-15-3-11(4-15)5-19(33)34)1-2-16(17)20-31-18-7-14(23(25,26)27)10-28-21(18)32-20/h1-2,6-11,15H,3-5H2,(H,33,34)(H,28,31,32)/t11-,15+. The van der Waals surface area contributed by atoms with E-state index in [2.05, 4.69) is 24.9 Å². The summed E-state index contributed by atoms with van der Waals surface area (Å²) in [6.45, 7) is 0. The van der Waals surface area contributed by atoms with Gasteiger partial charge in [-0.05, 0) is 42.5 Å². The molecule has 0 radical (unpaired) electrons. The summed E-state index contributed by atoms with van der Waals surface area (Å²) in [5, 5.41) is 8.80. The number of pyridine rings is 1. The summed E-state index contributed by atoms with van der Waals surface area (Å²) in [7, 11) is 0. The number of carboxylic acid groups (broad SMARTS) is 1. The van der Waals surface area contributed by atoms with Gasteiger partial charge in [-0.1, -0.05) is 6.07 Å². The number of ether oxygens (including phenoxy) is 1. The van der Waals surface area contributed by atoms with Crippen LogP contribution in [0.2, 0.25) is 0 Å². The number of rotatable bonds is 6. The van der Waals surface area contributed by atoms with E-state index < -0.39 is 23.5 Å². The van der Waals surface area contributed by atoms with Crippen molar-refractivity contribution in [2.45, 2.75) is 31.5 Å². The molecule has 1 saturated carbocycles. The van der Waals surface area contributed by atoms with Crippen LogP contribution in [0.15, 0.2) is 42.9 Å². The lowest BCUT2D eigenvalue weighted by Gasteiger charge is -2.33. The van der Waals surface area contributed by atoms with Gasteiger partial charge in [0.1, 0.15) is 23.3 Å². The largest absolute Gasteiger partial charge is 0.481 e. The van der Waals surface area contributed by atoms with Crippen LogP contribution in [-0.4, -0.2) is 42.1 Å². The van der Waals surface area contributed by atoms with Crippen LogP contribution in [0, 0.1) is 11.7 Å². The molecule has 0 unspecified atom stereocenters. The Hall–Kier alpha value is -4.09. The summed E-state index contributed by atoms with van der Waals surface area (Å²) in [6, 6.07) is 5.32. The van der Waals surface area contributed by atoms with Crippen molar-refractivity contribution in [1.82, 2.24) is 24.9 Å². The maximum atomic E-state index is 14.9. The molecule has 2 N–H and O–H groups in total. The first-order valence-electron chi connectivity index (χ1n) is 10.6. The monoisotopic (exact) mass is 487 g/mol. The summed E-state index contributed by atoms with van der Waals surface area (Å²) < 4.78 is 59.2. The van der Waals surface area contributed by atoms with E-state index in [9.17, 15) is 22.4 Å². The fourth-order valence-corrected chi connectivity index (χ4v) is 3.92. The fourth-order valence-electron chi connectivity index (χ4n) is 3.92. The number of nitrogens with zero attached hydrogens (tertiary/aromatic N) is 4. The van der Waals surface area contributed by atoms with Crippen LogP contribution in [0.3, 0.4) is 0 Å². The summed E-state index contributed by atoms with van der Waals surface area (Å²) in [5.74, 6) is -1.33. The molecule has 0 amide bonds. The number of alkyl halides is 3. The highest BCUT2D eigenvalue weighted by Gasteiger charge is 2.33. The van der Waals surface area contributed by atoms with Crippen molar-refractivity contribution in [2.75, 3.05) is 0 Å². The highest BCUT2D eigenvalue weighted by Crippen LogP contribution is 2.34. The number of nitrogens with one attached hydrogen (secondary N) is 1. The number of benzene rings is 1. The Morgan fingerprint density at radius 2 is 1.83 bits per heavy atom. The Bertz CT molecular complexity index is 1400. The number of aliphatic carboxylic acids is 1. The zero-order chi connectivity index (χ0) is 24.7. The number of aromatic nitrogens is 5. The summed E-state index contributed by atoms with van der Waals surface area (Å²) in [6.07, 6.45) is 0.319. The summed E-state index contributed by atoms with van der Waals surface area (Å²) in [4.78, 5) is 29.5. The molecule has 180 valence electrons. The maximum Gasteiger partial charge on any atom is 0.417 e. The summed E-state index contributed by atoms with van der Waals surface area (Å²) >= 11 is 0. The molecule has 1 aliphatic rings. The average Bonchev–Trinajstić information content (AvgIpc) is 3.20. The van der Waals surface area contributed by atoms with Gasteiger partial charge in [-0.2, -0.15) is 13.2 Å². The van der Waals surface area contributed by atoms with E-state index in [0.29, 0.717) is 30.2 Å². The number of aromatic amines is 1. The molecular weight excluding hydrogens is 470 g/mol. The van der Waals surface area contributed by atoms with E-state index in [-0.39, 0.29) is 47.0 Å². The van der Waals surface area contributed by atoms with Crippen molar-refractivity contribution < 1.29 is 32.2 Å². The Balaban J connectivity index is 1.30. The molecule has 5 rings (SSSR count). The van der Waals surface area contributed by atoms with Crippen molar-refractivity contribution in [3.63, 3.8) is 0 Å². The number of carbonyl (C=O) groups is 1. The molecule has 0 saturated heterocycles. The van der Waals surface area contributed by atoms with Crippen LogP contribution < -0.4 is 4.74 Å². The SMILES string of the molecule is O=C(O)C[C@H]1C[C@@H](Oc2ncc(-c3ccc(-c4nc5cc(C(F)(F)F)cnc5[nH]4)c(F)c3)cn2)C1. The zero-order valence-electron chi connectivity index (χ0n) is 17.9. The highest BCUT2D eigenvalue weighted by atomic mass is 19.4. The molecule has 1 aliphatic carbocycles. The minimum absolute atomic E-state index is 0.0250. The van der Waals surface area contributed by atoms with Gasteiger partial charge >= 0.3 is 18.2 Å². The van der Waals surface area contributed by atoms with Gasteiger partial charge in [-0.25, -0.2) is 24.3 Å². The van der Waals surface area contributed by atoms with Crippen LogP contribution in [0.25, 0.3) is 33.7 Å². The molecule has 0 atom stereocenters. The number of hydrogen-bond acceptors (Lipinski definition) is 6. The van der Waals surface area contributed by atoms with Crippen LogP contribution >= 0.6 is 0 Å². The van der Waals surface area contributed by atoms with Crippen molar-refractivity contribution >= 4 is 17.1 Å². The lowest BCUT2D eigenvalue weighted by molar-refractivity contribution is -0.140.